The highest BCUT2D eigenvalue weighted by Gasteiger charge is 2.20. The number of thiophene rings is 1. The first-order chi connectivity index (χ1) is 18.8. The number of anilines is 3. The number of hydrogen-bond donors (Lipinski definition) is 6. The minimum absolute atomic E-state index is 0.255. The van der Waals surface area contributed by atoms with Crippen LogP contribution in [0.15, 0.2) is 53.6 Å². The lowest BCUT2D eigenvalue weighted by Gasteiger charge is -2.10. The Balaban J connectivity index is 0.000000412. The highest BCUT2D eigenvalue weighted by atomic mass is 32.1. The summed E-state index contributed by atoms with van der Waals surface area (Å²) in [6, 6.07) is 6.92. The zero-order chi connectivity index (χ0) is 30.2. The van der Waals surface area contributed by atoms with Gasteiger partial charge in [-0.05, 0) is 57.7 Å². The van der Waals surface area contributed by atoms with Crippen LogP contribution in [-0.2, 0) is 25.6 Å². The van der Waals surface area contributed by atoms with Gasteiger partial charge in [-0.1, -0.05) is 6.92 Å². The molecule has 0 fully saturated rings. The van der Waals surface area contributed by atoms with Crippen LogP contribution in [0.3, 0.4) is 0 Å². The van der Waals surface area contributed by atoms with Crippen LogP contribution in [0.1, 0.15) is 23.8 Å². The molecule has 0 aliphatic carbocycles. The Kier molecular flexibility index (Phi) is 14.3. The molecule has 3 rings (SSSR count). The molecule has 0 atom stereocenters. The Labute approximate surface area is 233 Å². The van der Waals surface area contributed by atoms with Gasteiger partial charge >= 0.3 is 23.9 Å². The third-order valence-corrected chi connectivity index (χ3v) is 5.83. The number of nitrogens with one attached hydrogen (secondary N) is 2. The monoisotopic (exact) mass is 578 g/mol. The fraction of sp³-hybridized carbons (Fsp3) is 0.269. The smallest absolute Gasteiger partial charge is 0.328 e. The molecule has 12 nitrogen and oxygen atoms in total. The molecule has 216 valence electrons. The molecule has 0 saturated carbocycles. The van der Waals surface area contributed by atoms with Crippen LogP contribution in [-0.4, -0.2) is 82.2 Å². The predicted molar refractivity (Wildman–Crippen MR) is 150 cm³/mol. The maximum atomic E-state index is 13.6. The van der Waals surface area contributed by atoms with E-state index < -0.39 is 23.9 Å². The minimum atomic E-state index is -1.26. The van der Waals surface area contributed by atoms with E-state index in [2.05, 4.69) is 42.6 Å². The van der Waals surface area contributed by atoms with Crippen molar-refractivity contribution in [3.8, 4) is 0 Å². The fourth-order valence-corrected chi connectivity index (χ4v) is 3.93. The van der Waals surface area contributed by atoms with Gasteiger partial charge < -0.3 is 36.0 Å². The van der Waals surface area contributed by atoms with E-state index in [1.165, 1.54) is 17.0 Å². The van der Waals surface area contributed by atoms with Crippen molar-refractivity contribution in [2.45, 2.75) is 19.8 Å². The van der Waals surface area contributed by atoms with Crippen LogP contribution in [0.5, 0.6) is 0 Å². The van der Waals surface area contributed by atoms with Gasteiger partial charge in [-0.3, -0.25) is 4.99 Å². The SMILES string of the molecule is CCc1cc2c(s1)Nc1ccc(F)cc1NC2=NCCCN(C)C.O=C(O)/C=C\C(=O)O.O=C(O)/C=C\C(=O)O. The second-order valence-electron chi connectivity index (χ2n) is 8.16. The van der Waals surface area contributed by atoms with E-state index in [9.17, 15) is 23.6 Å². The Morgan fingerprint density at radius 1 is 0.900 bits per heavy atom. The maximum absolute atomic E-state index is 13.6. The van der Waals surface area contributed by atoms with Gasteiger partial charge in [0.1, 0.15) is 16.7 Å². The first-order valence-corrected chi connectivity index (χ1v) is 12.6. The maximum Gasteiger partial charge on any atom is 0.328 e. The standard InChI is InChI=1S/C18H23FN4S.2C4H4O4/c1-4-13-11-14-17(20-8-5-9-23(2)3)21-16-10-12(19)6-7-15(16)22-18(14)24-13;2*5-3(6)1-2-4(7)8/h6-7,10-11,22H,4-5,8-9H2,1-3H3,(H,20,21);2*1-2H,(H,5,6)(H,7,8)/b;2*2-1-. The largest absolute Gasteiger partial charge is 0.478 e. The van der Waals surface area contributed by atoms with Gasteiger partial charge in [0.15, 0.2) is 0 Å². The summed E-state index contributed by atoms with van der Waals surface area (Å²) in [6.45, 7) is 3.88. The van der Waals surface area contributed by atoms with Crippen LogP contribution < -0.4 is 10.6 Å². The summed E-state index contributed by atoms with van der Waals surface area (Å²) < 4.78 is 13.6. The van der Waals surface area contributed by atoms with Crippen LogP contribution in [0, 0.1) is 5.82 Å². The summed E-state index contributed by atoms with van der Waals surface area (Å²) in [6.07, 6.45) is 4.21. The van der Waals surface area contributed by atoms with Crippen LogP contribution in [0.2, 0.25) is 0 Å². The third kappa shape index (κ3) is 13.3. The fourth-order valence-electron chi connectivity index (χ4n) is 2.92. The number of carbonyl (C=O) groups is 4. The summed E-state index contributed by atoms with van der Waals surface area (Å²) in [5.74, 6) is -4.47. The number of carboxylic acids is 4. The van der Waals surface area contributed by atoms with E-state index in [1.807, 2.05) is 0 Å². The molecule has 2 heterocycles. The number of rotatable bonds is 9. The molecule has 0 unspecified atom stereocenters. The van der Waals surface area contributed by atoms with Gasteiger partial charge in [0, 0.05) is 35.7 Å². The normalized spacial score (nSPS) is 12.7. The van der Waals surface area contributed by atoms with E-state index in [-0.39, 0.29) is 5.82 Å². The van der Waals surface area contributed by atoms with Gasteiger partial charge in [-0.15, -0.1) is 11.3 Å². The van der Waals surface area contributed by atoms with Crippen molar-refractivity contribution in [1.29, 1.82) is 0 Å². The van der Waals surface area contributed by atoms with Crippen LogP contribution in [0.4, 0.5) is 20.8 Å². The van der Waals surface area contributed by atoms with E-state index in [0.717, 1.165) is 53.7 Å². The molecule has 2 aromatic rings. The number of carboxylic acid groups (broad SMARTS) is 4. The number of benzene rings is 1. The highest BCUT2D eigenvalue weighted by molar-refractivity contribution is 7.16. The number of fused-ring (bicyclic) bond motifs is 2. The molecule has 0 amide bonds. The zero-order valence-corrected chi connectivity index (χ0v) is 22.9. The summed E-state index contributed by atoms with van der Waals surface area (Å²) in [5, 5.41) is 39.1. The Morgan fingerprint density at radius 2 is 1.45 bits per heavy atom. The molecule has 6 N–H and O–H groups in total. The number of aliphatic imine (C=N–C) groups is 1. The number of halogens is 1. The molecule has 0 bridgehead atoms. The van der Waals surface area contributed by atoms with Gasteiger partial charge in [0.2, 0.25) is 0 Å². The molecule has 14 heteroatoms. The zero-order valence-electron chi connectivity index (χ0n) is 22.0. The minimum Gasteiger partial charge on any atom is -0.478 e. The van der Waals surface area contributed by atoms with Crippen molar-refractivity contribution in [3.63, 3.8) is 0 Å². The van der Waals surface area contributed by atoms with Gasteiger partial charge in [0.25, 0.3) is 0 Å². The average Bonchev–Trinajstić information content (AvgIpc) is 3.22. The lowest BCUT2D eigenvalue weighted by Crippen LogP contribution is -2.16. The van der Waals surface area contributed by atoms with Crippen LogP contribution in [0.25, 0.3) is 0 Å². The number of amidine groups is 1. The van der Waals surface area contributed by atoms with E-state index >= 15 is 0 Å². The molecule has 0 saturated heterocycles. The molecule has 1 aliphatic rings. The van der Waals surface area contributed by atoms with Crippen molar-refractivity contribution >= 4 is 57.4 Å². The Morgan fingerprint density at radius 3 is 1.93 bits per heavy atom. The summed E-state index contributed by atoms with van der Waals surface area (Å²) in [7, 11) is 4.12. The quantitative estimate of drug-likeness (QED) is 0.188. The van der Waals surface area contributed by atoms with E-state index in [4.69, 9.17) is 25.4 Å². The molecule has 40 heavy (non-hydrogen) atoms. The predicted octanol–water partition coefficient (Wildman–Crippen LogP) is 3.74. The number of aliphatic carboxylic acids is 4. The average molecular weight is 579 g/mol. The van der Waals surface area contributed by atoms with Gasteiger partial charge in [0.05, 0.1) is 16.9 Å². The van der Waals surface area contributed by atoms with Gasteiger partial charge in [-0.2, -0.15) is 0 Å². The third-order valence-electron chi connectivity index (χ3n) is 4.64. The first kappa shape index (κ1) is 33.5. The molecular weight excluding hydrogens is 547 g/mol. The van der Waals surface area contributed by atoms with Gasteiger partial charge in [-0.25, -0.2) is 23.6 Å². The second kappa shape index (κ2) is 17.1. The van der Waals surface area contributed by atoms with Crippen molar-refractivity contribution in [1.82, 2.24) is 4.90 Å². The van der Waals surface area contributed by atoms with E-state index in [0.29, 0.717) is 24.3 Å². The highest BCUT2D eigenvalue weighted by Crippen LogP contribution is 2.38. The Bertz CT molecular complexity index is 1220. The summed E-state index contributed by atoms with van der Waals surface area (Å²) in [4.78, 5) is 46.4. The van der Waals surface area contributed by atoms with E-state index in [1.54, 1.807) is 17.4 Å². The Hall–Kier alpha value is -4.56. The molecule has 0 radical (unpaired) electrons. The van der Waals surface area contributed by atoms with Crippen molar-refractivity contribution in [2.75, 3.05) is 37.8 Å². The number of aryl methyl sites for hydroxylation is 1. The molecule has 1 aromatic heterocycles. The number of nitrogens with zero attached hydrogens (tertiary/aromatic N) is 2. The lowest BCUT2D eigenvalue weighted by molar-refractivity contribution is -0.134. The van der Waals surface area contributed by atoms with Crippen molar-refractivity contribution in [2.24, 2.45) is 4.99 Å². The summed E-state index contributed by atoms with van der Waals surface area (Å²) >= 11 is 1.73. The molecule has 1 aliphatic heterocycles. The second-order valence-corrected chi connectivity index (χ2v) is 9.29. The number of hydrogen-bond acceptors (Lipinski definition) is 8. The molecule has 1 aromatic carbocycles. The first-order valence-electron chi connectivity index (χ1n) is 11.8. The van der Waals surface area contributed by atoms with Crippen LogP contribution >= 0.6 is 11.3 Å². The molecular formula is C26H31FN4O8S. The summed E-state index contributed by atoms with van der Waals surface area (Å²) in [5.41, 5.74) is 2.67. The van der Waals surface area contributed by atoms with Crippen molar-refractivity contribution < 1.29 is 44.0 Å². The van der Waals surface area contributed by atoms with Crippen molar-refractivity contribution in [3.05, 3.63) is 64.8 Å². The molecule has 0 spiro atoms. The topological polar surface area (TPSA) is 189 Å². The lowest BCUT2D eigenvalue weighted by atomic mass is 10.2.